The number of hydrogen-bond acceptors (Lipinski definition) is 4. The first kappa shape index (κ1) is 18.4. The molecule has 0 bridgehead atoms. The lowest BCUT2D eigenvalue weighted by atomic mass is 10.1. The van der Waals surface area contributed by atoms with Crippen LogP contribution in [0, 0.1) is 0 Å². The average Bonchev–Trinajstić information content (AvgIpc) is 2.55. The zero-order valence-electron chi connectivity index (χ0n) is 14.1. The summed E-state index contributed by atoms with van der Waals surface area (Å²) in [5, 5.41) is 0. The molecule has 1 saturated heterocycles. The Morgan fingerprint density at radius 1 is 1.17 bits per heavy atom. The summed E-state index contributed by atoms with van der Waals surface area (Å²) in [7, 11) is 0.109. The molecule has 0 aliphatic carbocycles. The topological polar surface area (TPSA) is 49.9 Å². The van der Waals surface area contributed by atoms with Crippen molar-refractivity contribution in [1.82, 2.24) is 9.21 Å². The van der Waals surface area contributed by atoms with Crippen LogP contribution in [0.2, 0.25) is 0 Å². The van der Waals surface area contributed by atoms with Gasteiger partial charge < -0.3 is 9.64 Å². The molecule has 0 N–H and O–H groups in total. The molecular weight excluding hydrogens is 312 g/mol. The van der Waals surface area contributed by atoms with Crippen LogP contribution < -0.4 is 0 Å². The fourth-order valence-corrected chi connectivity index (χ4v) is 3.60. The maximum absolute atomic E-state index is 11.7. The van der Waals surface area contributed by atoms with Gasteiger partial charge in [0.2, 0.25) is 10.0 Å². The van der Waals surface area contributed by atoms with Gasteiger partial charge in [0.1, 0.15) is 0 Å². The average molecular weight is 340 g/mol. The summed E-state index contributed by atoms with van der Waals surface area (Å²) in [5.41, 5.74) is 1.21. The summed E-state index contributed by atoms with van der Waals surface area (Å²) >= 11 is 0. The van der Waals surface area contributed by atoms with Crippen LogP contribution in [0.3, 0.4) is 0 Å². The molecule has 0 radical (unpaired) electrons. The number of ether oxygens (including phenoxy) is 1. The van der Waals surface area contributed by atoms with E-state index in [4.69, 9.17) is 4.74 Å². The van der Waals surface area contributed by atoms with Gasteiger partial charge in [0.15, 0.2) is 0 Å². The van der Waals surface area contributed by atoms with Crippen molar-refractivity contribution in [2.75, 3.05) is 39.5 Å². The number of nitrogens with zero attached hydrogens (tertiary/aromatic N) is 2. The molecule has 1 aromatic rings. The van der Waals surface area contributed by atoms with Gasteiger partial charge >= 0.3 is 0 Å². The highest BCUT2D eigenvalue weighted by Gasteiger charge is 2.20. The van der Waals surface area contributed by atoms with Crippen molar-refractivity contribution in [3.63, 3.8) is 0 Å². The third-order valence-electron chi connectivity index (χ3n) is 4.30. The molecule has 6 heteroatoms. The van der Waals surface area contributed by atoms with E-state index < -0.39 is 10.0 Å². The van der Waals surface area contributed by atoms with E-state index in [0.717, 1.165) is 32.5 Å². The smallest absolute Gasteiger partial charge is 0.213 e. The zero-order chi connectivity index (χ0) is 16.7. The molecule has 1 aliphatic rings. The Morgan fingerprint density at radius 2 is 1.83 bits per heavy atom. The minimum Gasteiger partial charge on any atom is -0.373 e. The van der Waals surface area contributed by atoms with Crippen molar-refractivity contribution >= 4 is 10.0 Å². The summed E-state index contributed by atoms with van der Waals surface area (Å²) in [6.45, 7) is 3.49. The van der Waals surface area contributed by atoms with Gasteiger partial charge in [0, 0.05) is 27.2 Å². The van der Waals surface area contributed by atoms with Crippen LogP contribution >= 0.6 is 0 Å². The normalized spacial score (nSPS) is 17.7. The highest BCUT2D eigenvalue weighted by Crippen LogP contribution is 2.16. The molecule has 2 rings (SSSR count). The zero-order valence-corrected chi connectivity index (χ0v) is 15.0. The maximum atomic E-state index is 11.7. The van der Waals surface area contributed by atoms with Crippen LogP contribution in [0.15, 0.2) is 30.3 Å². The SMILES string of the molecule is CN(C)S(=O)(=O)CCCN1CCC(OCc2ccccc2)CC1. The Hall–Kier alpha value is -0.950. The third-order valence-corrected chi connectivity index (χ3v) is 6.21. The maximum Gasteiger partial charge on any atom is 0.213 e. The minimum absolute atomic E-state index is 0.227. The molecule has 1 heterocycles. The Bertz CT molecular complexity index is 552. The molecule has 0 spiro atoms. The van der Waals surface area contributed by atoms with E-state index >= 15 is 0 Å². The van der Waals surface area contributed by atoms with E-state index in [1.54, 1.807) is 14.1 Å². The van der Waals surface area contributed by atoms with E-state index in [9.17, 15) is 8.42 Å². The van der Waals surface area contributed by atoms with Crippen LogP contribution in [-0.2, 0) is 21.4 Å². The predicted octanol–water partition coefficient (Wildman–Crippen LogP) is 1.95. The van der Waals surface area contributed by atoms with E-state index in [-0.39, 0.29) is 5.75 Å². The first-order valence-corrected chi connectivity index (χ1v) is 9.86. The summed E-state index contributed by atoms with van der Waals surface area (Å²) in [6.07, 6.45) is 3.05. The van der Waals surface area contributed by atoms with Crippen LogP contribution in [0.5, 0.6) is 0 Å². The van der Waals surface area contributed by atoms with Crippen molar-refractivity contribution < 1.29 is 13.2 Å². The van der Waals surface area contributed by atoms with Crippen LogP contribution in [0.25, 0.3) is 0 Å². The van der Waals surface area contributed by atoms with E-state index in [0.29, 0.717) is 19.1 Å². The largest absolute Gasteiger partial charge is 0.373 e. The van der Waals surface area contributed by atoms with Gasteiger partial charge in [0.25, 0.3) is 0 Å². The Morgan fingerprint density at radius 3 is 2.43 bits per heavy atom. The molecule has 1 fully saturated rings. The molecule has 0 aromatic heterocycles. The Kier molecular flexibility index (Phi) is 7.02. The van der Waals surface area contributed by atoms with E-state index in [1.165, 1.54) is 9.87 Å². The number of rotatable bonds is 8. The van der Waals surface area contributed by atoms with E-state index in [2.05, 4.69) is 17.0 Å². The number of likely N-dealkylation sites (tertiary alicyclic amines) is 1. The van der Waals surface area contributed by atoms with Crippen LogP contribution in [-0.4, -0.2) is 63.2 Å². The molecule has 1 aromatic carbocycles. The Labute approximate surface area is 140 Å². The Balaban J connectivity index is 1.62. The predicted molar refractivity (Wildman–Crippen MR) is 92.8 cm³/mol. The quantitative estimate of drug-likeness (QED) is 0.726. The highest BCUT2D eigenvalue weighted by atomic mass is 32.2. The first-order chi connectivity index (χ1) is 11.0. The lowest BCUT2D eigenvalue weighted by molar-refractivity contribution is -0.00233. The minimum atomic E-state index is -3.07. The van der Waals surface area contributed by atoms with Crippen molar-refractivity contribution in [2.45, 2.75) is 32.0 Å². The molecular formula is C17H28N2O3S. The standard InChI is InChI=1S/C17H28N2O3S/c1-18(2)23(20,21)14-6-11-19-12-9-17(10-13-19)22-15-16-7-4-3-5-8-16/h3-5,7-8,17H,6,9-15H2,1-2H3. The molecule has 0 atom stereocenters. The molecule has 0 saturated carbocycles. The van der Waals surface area contributed by atoms with Gasteiger partial charge in [-0.3, -0.25) is 0 Å². The van der Waals surface area contributed by atoms with Crippen molar-refractivity contribution in [2.24, 2.45) is 0 Å². The van der Waals surface area contributed by atoms with Gasteiger partial charge in [-0.2, -0.15) is 0 Å². The summed E-state index contributed by atoms with van der Waals surface area (Å²) in [5.74, 6) is 0.227. The second kappa shape index (κ2) is 8.78. The lowest BCUT2D eigenvalue weighted by Crippen LogP contribution is -2.38. The summed E-state index contributed by atoms with van der Waals surface area (Å²) in [6, 6.07) is 10.2. The summed E-state index contributed by atoms with van der Waals surface area (Å²) in [4.78, 5) is 2.34. The number of sulfonamides is 1. The van der Waals surface area contributed by atoms with E-state index in [1.807, 2.05) is 18.2 Å². The van der Waals surface area contributed by atoms with Gasteiger partial charge in [-0.15, -0.1) is 0 Å². The number of piperidine rings is 1. The third kappa shape index (κ3) is 6.22. The molecule has 5 nitrogen and oxygen atoms in total. The molecule has 130 valence electrons. The van der Waals surface area contributed by atoms with Crippen molar-refractivity contribution in [3.8, 4) is 0 Å². The summed E-state index contributed by atoms with van der Waals surface area (Å²) < 4.78 is 30.7. The highest BCUT2D eigenvalue weighted by molar-refractivity contribution is 7.89. The fourth-order valence-electron chi connectivity index (χ4n) is 2.74. The molecule has 23 heavy (non-hydrogen) atoms. The molecule has 1 aliphatic heterocycles. The van der Waals surface area contributed by atoms with Gasteiger partial charge in [0.05, 0.1) is 18.5 Å². The fraction of sp³-hybridized carbons (Fsp3) is 0.647. The van der Waals surface area contributed by atoms with Crippen LogP contribution in [0.4, 0.5) is 0 Å². The van der Waals surface area contributed by atoms with Gasteiger partial charge in [-0.25, -0.2) is 12.7 Å². The van der Waals surface area contributed by atoms with Crippen molar-refractivity contribution in [3.05, 3.63) is 35.9 Å². The second-order valence-corrected chi connectivity index (χ2v) is 8.59. The molecule has 0 unspecified atom stereocenters. The van der Waals surface area contributed by atoms with Gasteiger partial charge in [-0.1, -0.05) is 30.3 Å². The lowest BCUT2D eigenvalue weighted by Gasteiger charge is -2.32. The number of benzene rings is 1. The number of hydrogen-bond donors (Lipinski definition) is 0. The monoisotopic (exact) mass is 340 g/mol. The van der Waals surface area contributed by atoms with Gasteiger partial charge in [-0.05, 0) is 31.4 Å². The van der Waals surface area contributed by atoms with Crippen molar-refractivity contribution in [1.29, 1.82) is 0 Å². The first-order valence-electron chi connectivity index (χ1n) is 8.25. The van der Waals surface area contributed by atoms with Crippen LogP contribution in [0.1, 0.15) is 24.8 Å². The molecule has 0 amide bonds. The second-order valence-electron chi connectivity index (χ2n) is 6.29.